The molecule has 4 N–H and O–H groups in total. The molecule has 0 atom stereocenters. The molecule has 0 amide bonds. The van der Waals surface area contributed by atoms with Crippen molar-refractivity contribution in [3.8, 4) is 0 Å². The van der Waals surface area contributed by atoms with Crippen LogP contribution in [-0.2, 0) is 10.0 Å². The van der Waals surface area contributed by atoms with E-state index in [-0.39, 0.29) is 4.90 Å². The van der Waals surface area contributed by atoms with Gasteiger partial charge in [-0.05, 0) is 52.9 Å². The summed E-state index contributed by atoms with van der Waals surface area (Å²) in [4.78, 5) is 0.0529. The van der Waals surface area contributed by atoms with Gasteiger partial charge in [0.05, 0.1) is 16.4 Å². The average Bonchev–Trinajstić information content (AvgIpc) is 2.42. The monoisotopic (exact) mass is 423 g/mol. The highest BCUT2D eigenvalue weighted by molar-refractivity contribution is 14.1. The van der Waals surface area contributed by atoms with Gasteiger partial charge >= 0.3 is 0 Å². The maximum absolute atomic E-state index is 12.4. The summed E-state index contributed by atoms with van der Waals surface area (Å²) < 4.78 is 28.1. The number of rotatable bonds is 4. The second kappa shape index (κ2) is 6.17. The van der Waals surface area contributed by atoms with Crippen LogP contribution in [0.3, 0.4) is 0 Å². The van der Waals surface area contributed by atoms with Crippen LogP contribution in [-0.4, -0.2) is 8.42 Å². The summed E-state index contributed by atoms with van der Waals surface area (Å²) in [5.41, 5.74) is 2.98. The highest BCUT2D eigenvalue weighted by Gasteiger charge is 2.19. The molecule has 0 heterocycles. The van der Waals surface area contributed by atoms with E-state index in [1.165, 1.54) is 6.07 Å². The second-order valence-corrected chi connectivity index (χ2v) is 7.17. The van der Waals surface area contributed by atoms with E-state index in [0.717, 1.165) is 3.57 Å². The van der Waals surface area contributed by atoms with Crippen LogP contribution in [0.4, 0.5) is 11.4 Å². The zero-order valence-corrected chi connectivity index (χ0v) is 13.8. The molecule has 0 aliphatic rings. The first-order chi connectivity index (χ1) is 9.44. The number of halogens is 2. The summed E-state index contributed by atoms with van der Waals surface area (Å²) in [6.07, 6.45) is 0. The molecule has 0 radical (unpaired) electrons. The largest absolute Gasteiger partial charge is 0.323 e. The Morgan fingerprint density at radius 2 is 1.80 bits per heavy atom. The molecule has 106 valence electrons. The van der Waals surface area contributed by atoms with Crippen molar-refractivity contribution in [3.05, 3.63) is 51.1 Å². The van der Waals surface area contributed by atoms with Crippen molar-refractivity contribution in [2.45, 2.75) is 4.90 Å². The van der Waals surface area contributed by atoms with Gasteiger partial charge in [-0.25, -0.2) is 8.42 Å². The van der Waals surface area contributed by atoms with Crippen molar-refractivity contribution in [2.24, 2.45) is 5.84 Å². The van der Waals surface area contributed by atoms with E-state index in [1.807, 2.05) is 0 Å². The van der Waals surface area contributed by atoms with Crippen LogP contribution in [0.5, 0.6) is 0 Å². The first-order valence-corrected chi connectivity index (χ1v) is 8.41. The van der Waals surface area contributed by atoms with Crippen LogP contribution in [0, 0.1) is 3.57 Å². The van der Waals surface area contributed by atoms with Crippen LogP contribution in [0.1, 0.15) is 0 Å². The Morgan fingerprint density at radius 1 is 1.10 bits per heavy atom. The van der Waals surface area contributed by atoms with Gasteiger partial charge in [-0.1, -0.05) is 23.7 Å². The lowest BCUT2D eigenvalue weighted by Gasteiger charge is -2.12. The molecule has 0 aromatic heterocycles. The highest BCUT2D eigenvalue weighted by atomic mass is 127. The molecule has 8 heteroatoms. The van der Waals surface area contributed by atoms with E-state index in [9.17, 15) is 8.42 Å². The van der Waals surface area contributed by atoms with Gasteiger partial charge in [0.25, 0.3) is 10.0 Å². The fourth-order valence-electron chi connectivity index (χ4n) is 1.59. The Morgan fingerprint density at radius 3 is 2.45 bits per heavy atom. The van der Waals surface area contributed by atoms with Gasteiger partial charge in [-0.3, -0.25) is 10.6 Å². The van der Waals surface area contributed by atoms with Crippen molar-refractivity contribution in [3.63, 3.8) is 0 Å². The third kappa shape index (κ3) is 3.35. The number of sulfonamides is 1. The quantitative estimate of drug-likeness (QED) is 0.401. The molecular formula is C12H11ClIN3O2S. The van der Waals surface area contributed by atoms with Crippen molar-refractivity contribution in [1.29, 1.82) is 0 Å². The van der Waals surface area contributed by atoms with E-state index < -0.39 is 10.0 Å². The van der Waals surface area contributed by atoms with E-state index in [0.29, 0.717) is 16.4 Å². The summed E-state index contributed by atoms with van der Waals surface area (Å²) in [6, 6.07) is 11.4. The Hall–Kier alpha value is -1.03. The minimum Gasteiger partial charge on any atom is -0.323 e. The minimum absolute atomic E-state index is 0.0529. The molecule has 20 heavy (non-hydrogen) atoms. The predicted octanol–water partition coefficient (Wildman–Crippen LogP) is 3.03. The lowest BCUT2D eigenvalue weighted by atomic mass is 10.3. The maximum Gasteiger partial charge on any atom is 0.264 e. The van der Waals surface area contributed by atoms with Gasteiger partial charge in [-0.15, -0.1) is 0 Å². The van der Waals surface area contributed by atoms with Gasteiger partial charge in [0.2, 0.25) is 0 Å². The van der Waals surface area contributed by atoms with Crippen LogP contribution in [0.15, 0.2) is 47.4 Å². The lowest BCUT2D eigenvalue weighted by molar-refractivity contribution is 0.601. The van der Waals surface area contributed by atoms with Crippen molar-refractivity contribution < 1.29 is 8.42 Å². The zero-order valence-electron chi connectivity index (χ0n) is 10.1. The Labute approximate surface area is 135 Å². The molecule has 0 fully saturated rings. The number of hydrogen-bond donors (Lipinski definition) is 3. The summed E-state index contributed by atoms with van der Waals surface area (Å²) in [5, 5.41) is 0.332. The summed E-state index contributed by atoms with van der Waals surface area (Å²) in [7, 11) is -3.77. The number of anilines is 2. The van der Waals surface area contributed by atoms with Crippen molar-refractivity contribution in [1.82, 2.24) is 0 Å². The topological polar surface area (TPSA) is 84.2 Å². The number of para-hydroxylation sites is 1. The van der Waals surface area contributed by atoms with E-state index in [2.05, 4.69) is 32.7 Å². The van der Waals surface area contributed by atoms with Gasteiger partial charge < -0.3 is 5.43 Å². The molecule has 2 aromatic carbocycles. The highest BCUT2D eigenvalue weighted by Crippen LogP contribution is 2.28. The number of nitrogens with one attached hydrogen (secondary N) is 2. The summed E-state index contributed by atoms with van der Waals surface area (Å²) in [6.45, 7) is 0. The first kappa shape index (κ1) is 15.4. The minimum atomic E-state index is -3.77. The fraction of sp³-hybridized carbons (Fsp3) is 0. The van der Waals surface area contributed by atoms with Crippen LogP contribution in [0.2, 0.25) is 5.02 Å². The standard InChI is InChI=1S/C12H11ClIN3O2S/c13-9-7-8(14)5-6-10(9)17-20(18,19)12-4-2-1-3-11(12)16-15/h1-7,16-17H,15H2. The number of hydrazine groups is 1. The Balaban J connectivity index is 2.41. The molecule has 0 saturated heterocycles. The van der Waals surface area contributed by atoms with E-state index in [1.54, 1.807) is 36.4 Å². The predicted molar refractivity (Wildman–Crippen MR) is 89.2 cm³/mol. The van der Waals surface area contributed by atoms with E-state index >= 15 is 0 Å². The molecule has 5 nitrogen and oxygen atoms in total. The molecule has 0 unspecified atom stereocenters. The second-order valence-electron chi connectivity index (χ2n) is 3.87. The van der Waals surface area contributed by atoms with Gasteiger partial charge in [0.1, 0.15) is 4.90 Å². The molecule has 2 aromatic rings. The first-order valence-electron chi connectivity index (χ1n) is 5.47. The Bertz CT molecular complexity index is 737. The number of benzene rings is 2. The summed E-state index contributed by atoms with van der Waals surface area (Å²) in [5.74, 6) is 5.32. The van der Waals surface area contributed by atoms with Crippen LogP contribution < -0.4 is 16.0 Å². The average molecular weight is 424 g/mol. The van der Waals surface area contributed by atoms with Crippen molar-refractivity contribution in [2.75, 3.05) is 10.1 Å². The molecule has 0 spiro atoms. The van der Waals surface area contributed by atoms with E-state index in [4.69, 9.17) is 17.4 Å². The fourth-order valence-corrected chi connectivity index (χ4v) is 3.80. The lowest BCUT2D eigenvalue weighted by Crippen LogP contribution is -2.17. The third-order valence-electron chi connectivity index (χ3n) is 2.51. The molecule has 0 aliphatic carbocycles. The third-order valence-corrected chi connectivity index (χ3v) is 4.91. The van der Waals surface area contributed by atoms with Gasteiger partial charge in [0.15, 0.2) is 0 Å². The molecule has 0 aliphatic heterocycles. The normalized spacial score (nSPS) is 11.2. The number of hydrogen-bond acceptors (Lipinski definition) is 4. The zero-order chi connectivity index (χ0) is 14.8. The molecular weight excluding hydrogens is 413 g/mol. The maximum atomic E-state index is 12.4. The molecule has 0 saturated carbocycles. The van der Waals surface area contributed by atoms with Crippen LogP contribution >= 0.6 is 34.2 Å². The molecule has 2 rings (SSSR count). The summed E-state index contributed by atoms with van der Waals surface area (Å²) >= 11 is 8.12. The van der Waals surface area contributed by atoms with Crippen LogP contribution in [0.25, 0.3) is 0 Å². The number of nitrogen functional groups attached to an aromatic ring is 1. The number of nitrogens with two attached hydrogens (primary N) is 1. The smallest absolute Gasteiger partial charge is 0.264 e. The van der Waals surface area contributed by atoms with Crippen molar-refractivity contribution >= 4 is 55.6 Å². The van der Waals surface area contributed by atoms with Gasteiger partial charge in [-0.2, -0.15) is 0 Å². The Kier molecular flexibility index (Phi) is 4.74. The molecule has 0 bridgehead atoms. The SMILES string of the molecule is NNc1ccccc1S(=O)(=O)Nc1ccc(I)cc1Cl. The van der Waals surface area contributed by atoms with Gasteiger partial charge in [0, 0.05) is 3.57 Å².